The van der Waals surface area contributed by atoms with E-state index in [2.05, 4.69) is 30.0 Å². The fourth-order valence-electron chi connectivity index (χ4n) is 3.42. The molecule has 4 rings (SSSR count). The van der Waals surface area contributed by atoms with E-state index in [1.165, 1.54) is 6.07 Å². The maximum absolute atomic E-state index is 13.8. The van der Waals surface area contributed by atoms with Crippen LogP contribution in [0, 0.1) is 5.82 Å². The van der Waals surface area contributed by atoms with Gasteiger partial charge in [-0.15, -0.1) is 0 Å². The van der Waals surface area contributed by atoms with Crippen molar-refractivity contribution >= 4 is 17.4 Å². The minimum Gasteiger partial charge on any atom is -0.351 e. The number of benzene rings is 1. The van der Waals surface area contributed by atoms with Crippen molar-refractivity contribution in [2.24, 2.45) is 0 Å². The van der Waals surface area contributed by atoms with E-state index in [-0.39, 0.29) is 11.9 Å². The van der Waals surface area contributed by atoms with E-state index < -0.39 is 0 Å². The molecule has 0 aliphatic carbocycles. The molecule has 0 amide bonds. The number of aromatic nitrogens is 4. The van der Waals surface area contributed by atoms with Crippen LogP contribution in [-0.4, -0.2) is 51.2 Å². The molecule has 0 bridgehead atoms. The summed E-state index contributed by atoms with van der Waals surface area (Å²) in [7, 11) is 0. The zero-order valence-electron chi connectivity index (χ0n) is 14.0. The van der Waals surface area contributed by atoms with Gasteiger partial charge in [0.2, 0.25) is 0 Å². The molecule has 0 saturated carbocycles. The Labute approximate surface area is 155 Å². The number of anilines is 1. The predicted molar refractivity (Wildman–Crippen MR) is 97.7 cm³/mol. The number of nitrogens with one attached hydrogen (secondary N) is 1. The first-order valence-corrected chi connectivity index (χ1v) is 8.80. The third-order valence-corrected chi connectivity index (χ3v) is 4.88. The number of rotatable bonds is 4. The predicted octanol–water partition coefficient (Wildman–Crippen LogP) is 2.90. The molecular weight excluding hydrogens is 355 g/mol. The molecule has 2 aromatic heterocycles. The highest BCUT2D eigenvalue weighted by molar-refractivity contribution is 6.31. The first-order chi connectivity index (χ1) is 12.7. The van der Waals surface area contributed by atoms with Crippen molar-refractivity contribution in [3.8, 4) is 0 Å². The van der Waals surface area contributed by atoms with E-state index in [1.54, 1.807) is 30.7 Å². The summed E-state index contributed by atoms with van der Waals surface area (Å²) >= 11 is 6.17. The number of piperazine rings is 1. The average molecular weight is 373 g/mol. The molecular formula is C18H18ClFN6. The van der Waals surface area contributed by atoms with Gasteiger partial charge in [0.05, 0.1) is 12.2 Å². The van der Waals surface area contributed by atoms with Crippen molar-refractivity contribution in [3.05, 3.63) is 71.2 Å². The zero-order chi connectivity index (χ0) is 17.9. The summed E-state index contributed by atoms with van der Waals surface area (Å²) in [5, 5.41) is 7.34. The highest BCUT2D eigenvalue weighted by Gasteiger charge is 2.28. The largest absolute Gasteiger partial charge is 0.351 e. The van der Waals surface area contributed by atoms with Crippen LogP contribution in [0.15, 0.2) is 49.1 Å². The Balaban J connectivity index is 1.56. The Bertz CT molecular complexity index is 864. The van der Waals surface area contributed by atoms with Gasteiger partial charge >= 0.3 is 0 Å². The molecule has 1 atom stereocenters. The van der Waals surface area contributed by atoms with Crippen LogP contribution in [-0.2, 0) is 0 Å². The Kier molecular flexibility index (Phi) is 4.81. The van der Waals surface area contributed by atoms with Gasteiger partial charge in [-0.25, -0.2) is 14.4 Å². The monoisotopic (exact) mass is 372 g/mol. The van der Waals surface area contributed by atoms with E-state index in [0.29, 0.717) is 11.0 Å². The van der Waals surface area contributed by atoms with E-state index in [1.807, 2.05) is 12.3 Å². The van der Waals surface area contributed by atoms with Gasteiger partial charge in [0.25, 0.3) is 0 Å². The second kappa shape index (κ2) is 7.39. The van der Waals surface area contributed by atoms with Crippen molar-refractivity contribution in [1.29, 1.82) is 0 Å². The summed E-state index contributed by atoms with van der Waals surface area (Å²) < 4.78 is 13.8. The maximum Gasteiger partial charge on any atom is 0.171 e. The van der Waals surface area contributed by atoms with Crippen molar-refractivity contribution in [2.75, 3.05) is 31.1 Å². The smallest absolute Gasteiger partial charge is 0.171 e. The van der Waals surface area contributed by atoms with Crippen LogP contribution in [0.5, 0.6) is 0 Å². The normalized spacial score (nSPS) is 16.6. The van der Waals surface area contributed by atoms with E-state index in [4.69, 9.17) is 11.6 Å². The second-order valence-electron chi connectivity index (χ2n) is 6.18. The minimum atomic E-state index is -0.235. The molecule has 3 heterocycles. The first-order valence-electron chi connectivity index (χ1n) is 8.42. The molecule has 0 radical (unpaired) electrons. The summed E-state index contributed by atoms with van der Waals surface area (Å²) in [5.74, 6) is 0.473. The first kappa shape index (κ1) is 16.9. The molecule has 1 saturated heterocycles. The maximum atomic E-state index is 13.8. The standard InChI is InChI=1S/C18H18ClFN6/c19-17-18(22-5-4-21-17)26-8-6-25(7-9-26)16(14-11-23-24-12-14)13-2-1-3-15(20)10-13/h1-5,10-12,16H,6-9H2,(H,23,24). The molecule has 3 aromatic rings. The Morgan fingerprint density at radius 3 is 2.58 bits per heavy atom. The quantitative estimate of drug-likeness (QED) is 0.763. The number of aromatic amines is 1. The lowest BCUT2D eigenvalue weighted by atomic mass is 9.99. The van der Waals surface area contributed by atoms with Crippen LogP contribution in [0.2, 0.25) is 5.15 Å². The van der Waals surface area contributed by atoms with Crippen LogP contribution in [0.3, 0.4) is 0 Å². The number of hydrogen-bond donors (Lipinski definition) is 1. The molecule has 26 heavy (non-hydrogen) atoms. The van der Waals surface area contributed by atoms with Crippen molar-refractivity contribution in [1.82, 2.24) is 25.1 Å². The Morgan fingerprint density at radius 1 is 1.08 bits per heavy atom. The van der Waals surface area contributed by atoms with Crippen LogP contribution in [0.25, 0.3) is 0 Å². The molecule has 8 heteroatoms. The number of hydrogen-bond acceptors (Lipinski definition) is 5. The van der Waals surface area contributed by atoms with E-state index in [0.717, 1.165) is 37.3 Å². The molecule has 1 fully saturated rings. The fourth-order valence-corrected chi connectivity index (χ4v) is 3.64. The summed E-state index contributed by atoms with van der Waals surface area (Å²) in [5.41, 5.74) is 1.93. The third kappa shape index (κ3) is 3.40. The van der Waals surface area contributed by atoms with Crippen molar-refractivity contribution in [3.63, 3.8) is 0 Å². The van der Waals surface area contributed by atoms with Gasteiger partial charge in [0.15, 0.2) is 11.0 Å². The van der Waals surface area contributed by atoms with Crippen LogP contribution >= 0.6 is 11.6 Å². The highest BCUT2D eigenvalue weighted by atomic mass is 35.5. The summed E-state index contributed by atoms with van der Waals surface area (Å²) in [6.07, 6.45) is 6.89. The summed E-state index contributed by atoms with van der Waals surface area (Å²) in [4.78, 5) is 12.9. The number of nitrogens with zero attached hydrogens (tertiary/aromatic N) is 5. The molecule has 1 unspecified atom stereocenters. The van der Waals surface area contributed by atoms with Crippen LogP contribution < -0.4 is 4.90 Å². The van der Waals surface area contributed by atoms with Gasteiger partial charge in [-0.1, -0.05) is 23.7 Å². The molecule has 1 aliphatic heterocycles. The number of halogens is 2. The van der Waals surface area contributed by atoms with Crippen molar-refractivity contribution < 1.29 is 4.39 Å². The molecule has 1 aliphatic rings. The van der Waals surface area contributed by atoms with Crippen molar-refractivity contribution in [2.45, 2.75) is 6.04 Å². The molecule has 134 valence electrons. The zero-order valence-corrected chi connectivity index (χ0v) is 14.8. The molecule has 6 nitrogen and oxygen atoms in total. The second-order valence-corrected chi connectivity index (χ2v) is 6.54. The van der Waals surface area contributed by atoms with Gasteiger partial charge in [-0.05, 0) is 17.7 Å². The summed E-state index contributed by atoms with van der Waals surface area (Å²) in [6, 6.07) is 6.69. The minimum absolute atomic E-state index is 0.0519. The molecule has 0 spiro atoms. The Morgan fingerprint density at radius 2 is 1.88 bits per heavy atom. The van der Waals surface area contributed by atoms with Gasteiger partial charge in [-0.3, -0.25) is 10.00 Å². The van der Waals surface area contributed by atoms with Gasteiger partial charge in [-0.2, -0.15) is 5.10 Å². The van der Waals surface area contributed by atoms with Crippen LogP contribution in [0.4, 0.5) is 10.2 Å². The Hall–Kier alpha value is -2.51. The van der Waals surface area contributed by atoms with E-state index in [9.17, 15) is 4.39 Å². The SMILES string of the molecule is Fc1cccc(C(c2cn[nH]c2)N2CCN(c3nccnc3Cl)CC2)c1. The average Bonchev–Trinajstić information content (AvgIpc) is 3.17. The lowest BCUT2D eigenvalue weighted by Gasteiger charge is -2.39. The number of H-pyrrole nitrogens is 1. The third-order valence-electron chi connectivity index (χ3n) is 4.61. The van der Waals surface area contributed by atoms with Gasteiger partial charge in [0, 0.05) is 50.3 Å². The highest BCUT2D eigenvalue weighted by Crippen LogP contribution is 2.30. The van der Waals surface area contributed by atoms with Crippen LogP contribution in [0.1, 0.15) is 17.2 Å². The molecule has 1 aromatic carbocycles. The fraction of sp³-hybridized carbons (Fsp3) is 0.278. The van der Waals surface area contributed by atoms with Gasteiger partial charge < -0.3 is 4.90 Å². The lowest BCUT2D eigenvalue weighted by molar-refractivity contribution is 0.211. The molecule has 1 N–H and O–H groups in total. The lowest BCUT2D eigenvalue weighted by Crippen LogP contribution is -2.48. The topological polar surface area (TPSA) is 60.9 Å². The van der Waals surface area contributed by atoms with E-state index >= 15 is 0 Å². The van der Waals surface area contributed by atoms with Gasteiger partial charge in [0.1, 0.15) is 5.82 Å². The summed E-state index contributed by atoms with van der Waals surface area (Å²) in [6.45, 7) is 3.11.